The summed E-state index contributed by atoms with van der Waals surface area (Å²) in [6.45, 7) is -3.24. The van der Waals surface area contributed by atoms with Gasteiger partial charge in [0.1, 0.15) is 5.75 Å². The maximum absolute atomic E-state index is 12.6. The van der Waals surface area contributed by atoms with Crippen LogP contribution in [0.1, 0.15) is 15.9 Å². The molecule has 0 bridgehead atoms. The smallest absolute Gasteiger partial charge is 0.387 e. The maximum Gasteiger partial charge on any atom is 0.387 e. The summed E-state index contributed by atoms with van der Waals surface area (Å²) in [7, 11) is 2.88. The number of rotatable bonds is 9. The van der Waals surface area contributed by atoms with E-state index >= 15 is 0 Å². The molecule has 0 saturated heterocycles. The van der Waals surface area contributed by atoms with Gasteiger partial charge in [-0.15, -0.1) is 0 Å². The number of hydrogen-bond acceptors (Lipinski definition) is 5. The standard InChI is InChI=1S/C19H19F2NO6/c1-22(10-12-3-6-14(7-4-12)27-11-17(23)24)18(25)13-5-8-15(26-2)16(9-13)28-19(20)21/h3-9,19H,10-11H2,1-2H3,(H,23,24). The van der Waals surface area contributed by atoms with Crippen LogP contribution >= 0.6 is 0 Å². The minimum absolute atomic E-state index is 0.0939. The van der Waals surface area contributed by atoms with Crippen molar-refractivity contribution in [2.45, 2.75) is 13.2 Å². The minimum Gasteiger partial charge on any atom is -0.493 e. The van der Waals surface area contributed by atoms with E-state index < -0.39 is 25.1 Å². The number of amides is 1. The lowest BCUT2D eigenvalue weighted by Crippen LogP contribution is -2.26. The number of carbonyl (C=O) groups excluding carboxylic acids is 1. The Morgan fingerprint density at radius 2 is 1.79 bits per heavy atom. The zero-order valence-electron chi connectivity index (χ0n) is 15.2. The van der Waals surface area contributed by atoms with Gasteiger partial charge in [0, 0.05) is 19.2 Å². The van der Waals surface area contributed by atoms with E-state index in [2.05, 4.69) is 4.74 Å². The number of halogens is 2. The van der Waals surface area contributed by atoms with Crippen molar-refractivity contribution in [3.8, 4) is 17.2 Å². The number of alkyl halides is 2. The first kappa shape index (κ1) is 20.9. The van der Waals surface area contributed by atoms with Gasteiger partial charge in [0.15, 0.2) is 18.1 Å². The number of aliphatic carboxylic acids is 1. The SMILES string of the molecule is COc1ccc(C(=O)N(C)Cc2ccc(OCC(=O)O)cc2)cc1OC(F)F. The Morgan fingerprint density at radius 1 is 1.11 bits per heavy atom. The fraction of sp³-hybridized carbons (Fsp3) is 0.263. The van der Waals surface area contributed by atoms with Gasteiger partial charge in [-0.05, 0) is 35.9 Å². The first-order valence-corrected chi connectivity index (χ1v) is 8.12. The Bertz CT molecular complexity index is 826. The van der Waals surface area contributed by atoms with E-state index in [1.807, 2.05) is 0 Å². The lowest BCUT2D eigenvalue weighted by atomic mass is 10.1. The van der Waals surface area contributed by atoms with Crippen molar-refractivity contribution in [2.75, 3.05) is 20.8 Å². The number of carboxylic acids is 1. The van der Waals surface area contributed by atoms with Crippen molar-refractivity contribution >= 4 is 11.9 Å². The van der Waals surface area contributed by atoms with Crippen LogP contribution in [0, 0.1) is 0 Å². The topological polar surface area (TPSA) is 85.3 Å². The molecule has 0 radical (unpaired) electrons. The highest BCUT2D eigenvalue weighted by Crippen LogP contribution is 2.30. The number of hydrogen-bond donors (Lipinski definition) is 1. The lowest BCUT2D eigenvalue weighted by molar-refractivity contribution is -0.139. The molecule has 0 saturated carbocycles. The fourth-order valence-corrected chi connectivity index (χ4v) is 2.40. The molecule has 0 spiro atoms. The second-order valence-corrected chi connectivity index (χ2v) is 5.73. The van der Waals surface area contributed by atoms with E-state index in [-0.39, 0.29) is 23.6 Å². The first-order chi connectivity index (χ1) is 13.3. The van der Waals surface area contributed by atoms with Crippen LogP contribution in [0.4, 0.5) is 8.78 Å². The van der Waals surface area contributed by atoms with Gasteiger partial charge in [0.2, 0.25) is 0 Å². The van der Waals surface area contributed by atoms with Crippen LogP contribution in [0.2, 0.25) is 0 Å². The molecule has 1 amide bonds. The first-order valence-electron chi connectivity index (χ1n) is 8.12. The van der Waals surface area contributed by atoms with Crippen LogP contribution in [0.3, 0.4) is 0 Å². The fourth-order valence-electron chi connectivity index (χ4n) is 2.40. The maximum atomic E-state index is 12.6. The molecule has 150 valence electrons. The van der Waals surface area contributed by atoms with E-state index in [0.29, 0.717) is 5.75 Å². The Morgan fingerprint density at radius 3 is 2.36 bits per heavy atom. The van der Waals surface area contributed by atoms with Crippen molar-refractivity contribution in [2.24, 2.45) is 0 Å². The Balaban J connectivity index is 2.06. The third-order valence-electron chi connectivity index (χ3n) is 3.68. The van der Waals surface area contributed by atoms with Gasteiger partial charge in [-0.2, -0.15) is 8.78 Å². The summed E-state index contributed by atoms with van der Waals surface area (Å²) in [5.74, 6) is -1.21. The van der Waals surface area contributed by atoms with E-state index in [1.165, 1.54) is 30.2 Å². The zero-order chi connectivity index (χ0) is 20.7. The Hall–Kier alpha value is -3.36. The second kappa shape index (κ2) is 9.54. The van der Waals surface area contributed by atoms with Gasteiger partial charge in [0.25, 0.3) is 5.91 Å². The molecule has 7 nitrogen and oxygen atoms in total. The molecular weight excluding hydrogens is 376 g/mol. The number of benzene rings is 2. The van der Waals surface area contributed by atoms with E-state index in [0.717, 1.165) is 5.56 Å². The highest BCUT2D eigenvalue weighted by atomic mass is 19.3. The summed E-state index contributed by atoms with van der Waals surface area (Å²) >= 11 is 0. The van der Waals surface area contributed by atoms with Gasteiger partial charge in [-0.3, -0.25) is 4.79 Å². The van der Waals surface area contributed by atoms with E-state index in [1.54, 1.807) is 31.3 Å². The molecule has 2 aromatic rings. The van der Waals surface area contributed by atoms with E-state index in [9.17, 15) is 18.4 Å². The Kier molecular flexibility index (Phi) is 7.14. The normalized spacial score (nSPS) is 10.5. The van der Waals surface area contributed by atoms with Gasteiger partial charge >= 0.3 is 12.6 Å². The lowest BCUT2D eigenvalue weighted by Gasteiger charge is -2.19. The van der Waals surface area contributed by atoms with Crippen molar-refractivity contribution < 1.29 is 37.7 Å². The highest BCUT2D eigenvalue weighted by Gasteiger charge is 2.17. The summed E-state index contributed by atoms with van der Waals surface area (Å²) in [6, 6.07) is 10.6. The number of methoxy groups -OCH3 is 1. The molecule has 0 unspecified atom stereocenters. The molecule has 0 atom stereocenters. The molecule has 0 aliphatic carbocycles. The van der Waals surface area contributed by atoms with Crippen LogP contribution in [0.15, 0.2) is 42.5 Å². The third kappa shape index (κ3) is 5.83. The minimum atomic E-state index is -3.04. The molecule has 0 fully saturated rings. The van der Waals surface area contributed by atoms with Gasteiger partial charge in [-0.25, -0.2) is 4.79 Å². The predicted octanol–water partition coefficient (Wildman–Crippen LogP) is 3.03. The van der Waals surface area contributed by atoms with Gasteiger partial charge < -0.3 is 24.2 Å². The molecule has 9 heteroatoms. The number of ether oxygens (including phenoxy) is 3. The average Bonchev–Trinajstić information content (AvgIpc) is 2.66. The quantitative estimate of drug-likeness (QED) is 0.703. The molecular formula is C19H19F2NO6. The predicted molar refractivity (Wildman–Crippen MR) is 95.0 cm³/mol. The number of nitrogens with zero attached hydrogens (tertiary/aromatic N) is 1. The van der Waals surface area contributed by atoms with Crippen LogP contribution < -0.4 is 14.2 Å². The molecule has 2 rings (SSSR count). The molecule has 28 heavy (non-hydrogen) atoms. The molecule has 0 aliphatic rings. The van der Waals surface area contributed by atoms with Crippen LogP contribution in [-0.2, 0) is 11.3 Å². The van der Waals surface area contributed by atoms with Gasteiger partial charge in [-0.1, -0.05) is 12.1 Å². The van der Waals surface area contributed by atoms with E-state index in [4.69, 9.17) is 14.6 Å². The molecule has 2 aromatic carbocycles. The number of carboxylic acid groups (broad SMARTS) is 1. The highest BCUT2D eigenvalue weighted by molar-refractivity contribution is 5.94. The summed E-state index contributed by atoms with van der Waals surface area (Å²) < 4.78 is 39.5. The Labute approximate surface area is 160 Å². The molecule has 1 N–H and O–H groups in total. The second-order valence-electron chi connectivity index (χ2n) is 5.73. The molecule has 0 aromatic heterocycles. The van der Waals surface area contributed by atoms with Crippen molar-refractivity contribution in [1.29, 1.82) is 0 Å². The summed E-state index contributed by atoms with van der Waals surface area (Å²) in [5.41, 5.74) is 0.941. The largest absolute Gasteiger partial charge is 0.493 e. The molecule has 0 aliphatic heterocycles. The van der Waals surface area contributed by atoms with Crippen molar-refractivity contribution in [3.05, 3.63) is 53.6 Å². The molecule has 0 heterocycles. The van der Waals surface area contributed by atoms with Crippen LogP contribution in [-0.4, -0.2) is 49.3 Å². The summed E-state index contributed by atoms with van der Waals surface area (Å²) in [6.07, 6.45) is 0. The number of carbonyl (C=O) groups is 2. The summed E-state index contributed by atoms with van der Waals surface area (Å²) in [4.78, 5) is 24.5. The van der Waals surface area contributed by atoms with Crippen LogP contribution in [0.5, 0.6) is 17.2 Å². The average molecular weight is 395 g/mol. The van der Waals surface area contributed by atoms with Crippen molar-refractivity contribution in [3.63, 3.8) is 0 Å². The van der Waals surface area contributed by atoms with Crippen LogP contribution in [0.25, 0.3) is 0 Å². The zero-order valence-corrected chi connectivity index (χ0v) is 15.2. The summed E-state index contributed by atoms with van der Waals surface area (Å²) in [5, 5.41) is 8.59. The van der Waals surface area contributed by atoms with Gasteiger partial charge in [0.05, 0.1) is 7.11 Å². The third-order valence-corrected chi connectivity index (χ3v) is 3.68. The monoisotopic (exact) mass is 395 g/mol. The van der Waals surface area contributed by atoms with Crippen molar-refractivity contribution in [1.82, 2.24) is 4.90 Å².